The third-order valence-corrected chi connectivity index (χ3v) is 2.75. The summed E-state index contributed by atoms with van der Waals surface area (Å²) in [5, 5.41) is 4.57. The lowest BCUT2D eigenvalue weighted by Gasteiger charge is -1.89. The molecule has 0 saturated heterocycles. The van der Waals surface area contributed by atoms with E-state index in [-0.39, 0.29) is 0 Å². The molecule has 0 N–H and O–H groups in total. The number of hydrogen-bond acceptors (Lipinski definition) is 1. The van der Waals surface area contributed by atoms with Gasteiger partial charge in [-0.25, -0.2) is 0 Å². The summed E-state index contributed by atoms with van der Waals surface area (Å²) in [5.74, 6) is 0.885. The maximum Gasteiger partial charge on any atom is 0.0112 e. The first kappa shape index (κ1) is 5.48. The van der Waals surface area contributed by atoms with Gasteiger partial charge in [-0.1, -0.05) is 13.3 Å². The van der Waals surface area contributed by atoms with Gasteiger partial charge in [0.05, 0.1) is 0 Å². The summed E-state index contributed by atoms with van der Waals surface area (Å²) >= 11 is 1.84. The molecule has 0 atom stereocenters. The van der Waals surface area contributed by atoms with Gasteiger partial charge in [0.15, 0.2) is 0 Å². The molecule has 1 aliphatic carbocycles. The van der Waals surface area contributed by atoms with Crippen molar-refractivity contribution in [3.63, 3.8) is 0 Å². The number of rotatable bonds is 2. The van der Waals surface area contributed by atoms with Crippen LogP contribution >= 0.6 is 11.3 Å². The second kappa shape index (κ2) is 1.84. The van der Waals surface area contributed by atoms with Crippen LogP contribution in [0.2, 0.25) is 0 Å². The second-order valence-corrected chi connectivity index (χ2v) is 3.37. The number of thiophene rings is 1. The summed E-state index contributed by atoms with van der Waals surface area (Å²) in [6.07, 6.45) is 2.70. The van der Waals surface area contributed by atoms with Crippen molar-refractivity contribution in [2.75, 3.05) is 0 Å². The van der Waals surface area contributed by atoms with Crippen LogP contribution in [0.4, 0.5) is 0 Å². The molecule has 0 nitrogen and oxygen atoms in total. The van der Waals surface area contributed by atoms with Gasteiger partial charge in [0.25, 0.3) is 0 Å². The quantitative estimate of drug-likeness (QED) is 0.589. The van der Waals surface area contributed by atoms with Gasteiger partial charge in [-0.05, 0) is 28.3 Å². The minimum atomic E-state index is 0.885. The first-order valence-corrected chi connectivity index (χ1v) is 4.43. The van der Waals surface area contributed by atoms with Gasteiger partial charge in [-0.15, -0.1) is 0 Å². The SMILES string of the molecule is CCCC1c2cscc21. The molecule has 0 fully saturated rings. The zero-order valence-corrected chi connectivity index (χ0v) is 6.37. The van der Waals surface area contributed by atoms with Crippen molar-refractivity contribution in [3.05, 3.63) is 21.9 Å². The molecule has 1 aliphatic rings. The molecule has 0 amide bonds. The Balaban J connectivity index is 2.06. The van der Waals surface area contributed by atoms with Crippen molar-refractivity contribution in [1.82, 2.24) is 0 Å². The van der Waals surface area contributed by atoms with Gasteiger partial charge in [0.2, 0.25) is 0 Å². The molecule has 1 heteroatoms. The molecule has 1 aromatic heterocycles. The fourth-order valence-corrected chi connectivity index (χ4v) is 2.35. The minimum absolute atomic E-state index is 0.885. The van der Waals surface area contributed by atoms with Crippen molar-refractivity contribution >= 4 is 11.3 Å². The molecule has 1 heterocycles. The van der Waals surface area contributed by atoms with Gasteiger partial charge >= 0.3 is 0 Å². The Morgan fingerprint density at radius 2 is 2.11 bits per heavy atom. The van der Waals surface area contributed by atoms with Crippen molar-refractivity contribution in [1.29, 1.82) is 0 Å². The zero-order chi connectivity index (χ0) is 6.27. The third kappa shape index (κ3) is 0.715. The lowest BCUT2D eigenvalue weighted by molar-refractivity contribution is 0.783. The van der Waals surface area contributed by atoms with Crippen LogP contribution in [0.5, 0.6) is 0 Å². The molecule has 0 bridgehead atoms. The maximum atomic E-state index is 2.29. The molecular weight excluding hydrogens is 128 g/mol. The second-order valence-electron chi connectivity index (χ2n) is 2.62. The average Bonchev–Trinajstić information content (AvgIpc) is 2.39. The van der Waals surface area contributed by atoms with E-state index >= 15 is 0 Å². The van der Waals surface area contributed by atoms with Crippen LogP contribution in [-0.2, 0) is 0 Å². The molecular formula is C8H10S. The Bertz CT molecular complexity index is 194. The Labute approximate surface area is 59.5 Å². The van der Waals surface area contributed by atoms with E-state index in [9.17, 15) is 0 Å². The van der Waals surface area contributed by atoms with Crippen LogP contribution < -0.4 is 0 Å². The molecule has 48 valence electrons. The van der Waals surface area contributed by atoms with Crippen LogP contribution in [0.1, 0.15) is 36.8 Å². The molecule has 0 aromatic carbocycles. The predicted molar refractivity (Wildman–Crippen MR) is 41.1 cm³/mol. The number of hydrogen-bond donors (Lipinski definition) is 0. The van der Waals surface area contributed by atoms with E-state index in [0.29, 0.717) is 0 Å². The van der Waals surface area contributed by atoms with Crippen LogP contribution in [-0.4, -0.2) is 0 Å². The van der Waals surface area contributed by atoms with E-state index < -0.39 is 0 Å². The molecule has 0 aliphatic heterocycles. The molecule has 1 aromatic rings. The monoisotopic (exact) mass is 138 g/mol. The van der Waals surface area contributed by atoms with Gasteiger partial charge < -0.3 is 0 Å². The Morgan fingerprint density at radius 1 is 1.44 bits per heavy atom. The molecule has 0 saturated carbocycles. The molecule has 9 heavy (non-hydrogen) atoms. The summed E-state index contributed by atoms with van der Waals surface area (Å²) in [6.45, 7) is 2.25. The number of fused-ring (bicyclic) bond motifs is 1. The standard InChI is InChI=1S/C8H10S/c1-2-3-6-7-4-9-5-8(6)7/h4-6H,2-3H2,1H3. The summed E-state index contributed by atoms with van der Waals surface area (Å²) in [7, 11) is 0. The van der Waals surface area contributed by atoms with Gasteiger partial charge in [0, 0.05) is 5.92 Å². The fraction of sp³-hybridized carbons (Fsp3) is 0.500. The lowest BCUT2D eigenvalue weighted by atomic mass is 10.2. The largest absolute Gasteiger partial charge is 0.152 e. The van der Waals surface area contributed by atoms with Crippen LogP contribution in [0.25, 0.3) is 0 Å². The topological polar surface area (TPSA) is 0 Å². The molecule has 2 rings (SSSR count). The van der Waals surface area contributed by atoms with Gasteiger partial charge in [-0.2, -0.15) is 11.3 Å². The maximum absolute atomic E-state index is 2.29. The Morgan fingerprint density at radius 3 is 2.67 bits per heavy atom. The highest BCUT2D eigenvalue weighted by Crippen LogP contribution is 2.48. The summed E-state index contributed by atoms with van der Waals surface area (Å²) < 4.78 is 0. The van der Waals surface area contributed by atoms with Gasteiger partial charge in [-0.3, -0.25) is 0 Å². The first-order valence-electron chi connectivity index (χ1n) is 3.49. The normalized spacial score (nSPS) is 15.7. The Hall–Kier alpha value is -0.300. The van der Waals surface area contributed by atoms with E-state index in [4.69, 9.17) is 0 Å². The minimum Gasteiger partial charge on any atom is -0.152 e. The summed E-state index contributed by atoms with van der Waals surface area (Å²) in [4.78, 5) is 0. The van der Waals surface area contributed by atoms with Crippen molar-refractivity contribution in [2.45, 2.75) is 25.7 Å². The molecule has 0 unspecified atom stereocenters. The van der Waals surface area contributed by atoms with Crippen molar-refractivity contribution in [2.24, 2.45) is 0 Å². The van der Waals surface area contributed by atoms with E-state index in [0.717, 1.165) is 5.92 Å². The van der Waals surface area contributed by atoms with Crippen LogP contribution in [0.15, 0.2) is 10.8 Å². The highest BCUT2D eigenvalue weighted by Gasteiger charge is 2.31. The summed E-state index contributed by atoms with van der Waals surface area (Å²) in [5.41, 5.74) is 3.25. The van der Waals surface area contributed by atoms with E-state index in [2.05, 4.69) is 17.7 Å². The highest BCUT2D eigenvalue weighted by atomic mass is 32.1. The van der Waals surface area contributed by atoms with Crippen LogP contribution in [0, 0.1) is 0 Å². The predicted octanol–water partition coefficient (Wildman–Crippen LogP) is 2.99. The van der Waals surface area contributed by atoms with Gasteiger partial charge in [0.1, 0.15) is 0 Å². The zero-order valence-electron chi connectivity index (χ0n) is 5.55. The average molecular weight is 138 g/mol. The van der Waals surface area contributed by atoms with E-state index in [1.807, 2.05) is 11.3 Å². The molecule has 0 radical (unpaired) electrons. The third-order valence-electron chi connectivity index (χ3n) is 1.97. The van der Waals surface area contributed by atoms with Crippen molar-refractivity contribution in [3.8, 4) is 0 Å². The first-order chi connectivity index (χ1) is 4.43. The lowest BCUT2D eigenvalue weighted by Crippen LogP contribution is -1.71. The summed E-state index contributed by atoms with van der Waals surface area (Å²) in [6, 6.07) is 0. The molecule has 0 spiro atoms. The Kier molecular flexibility index (Phi) is 1.12. The fourth-order valence-electron chi connectivity index (χ4n) is 1.39. The van der Waals surface area contributed by atoms with Crippen molar-refractivity contribution < 1.29 is 0 Å². The van der Waals surface area contributed by atoms with E-state index in [1.54, 1.807) is 11.1 Å². The highest BCUT2D eigenvalue weighted by molar-refractivity contribution is 7.08. The van der Waals surface area contributed by atoms with Crippen LogP contribution in [0.3, 0.4) is 0 Å². The smallest absolute Gasteiger partial charge is 0.0112 e. The van der Waals surface area contributed by atoms with E-state index in [1.165, 1.54) is 12.8 Å².